The lowest BCUT2D eigenvalue weighted by atomic mass is 10.0. The van der Waals surface area contributed by atoms with Crippen LogP contribution in [-0.4, -0.2) is 40.1 Å². The molecule has 1 aromatic carbocycles. The Labute approximate surface area is 156 Å². The van der Waals surface area contributed by atoms with Crippen LogP contribution < -0.4 is 16.0 Å². The molecule has 2 aliphatic rings. The van der Waals surface area contributed by atoms with Crippen LogP contribution >= 0.6 is 0 Å². The Morgan fingerprint density at radius 1 is 1.15 bits per heavy atom. The summed E-state index contributed by atoms with van der Waals surface area (Å²) < 4.78 is 14.4. The van der Waals surface area contributed by atoms with Crippen LogP contribution in [0.25, 0.3) is 11.0 Å². The highest BCUT2D eigenvalue weighted by molar-refractivity contribution is 5.76. The second kappa shape index (κ2) is 6.13. The van der Waals surface area contributed by atoms with Gasteiger partial charge in [0.1, 0.15) is 5.52 Å². The fourth-order valence-electron chi connectivity index (χ4n) is 4.07. The fraction of sp³-hybridized carbons (Fsp3) is 0.350. The third-order valence-electron chi connectivity index (χ3n) is 5.66. The molecule has 1 aliphatic carbocycles. The van der Waals surface area contributed by atoms with Crippen molar-refractivity contribution in [1.29, 1.82) is 0 Å². The molecule has 27 heavy (non-hydrogen) atoms. The maximum atomic E-state index is 14.4. The van der Waals surface area contributed by atoms with Gasteiger partial charge in [-0.2, -0.15) is 0 Å². The van der Waals surface area contributed by atoms with Crippen molar-refractivity contribution in [3.8, 4) is 0 Å². The van der Waals surface area contributed by atoms with Crippen LogP contribution in [-0.2, 0) is 6.42 Å². The van der Waals surface area contributed by atoms with Crippen molar-refractivity contribution in [2.45, 2.75) is 24.8 Å². The first kappa shape index (κ1) is 16.4. The largest absolute Gasteiger partial charge is 0.396 e. The molecule has 0 bridgehead atoms. The first-order valence-electron chi connectivity index (χ1n) is 9.27. The van der Waals surface area contributed by atoms with Gasteiger partial charge in [-0.3, -0.25) is 9.97 Å². The summed E-state index contributed by atoms with van der Waals surface area (Å²) in [5.41, 5.74) is 10.8. The van der Waals surface area contributed by atoms with Crippen LogP contribution in [0.3, 0.4) is 0 Å². The molecule has 1 aliphatic heterocycles. The molecule has 2 aromatic heterocycles. The van der Waals surface area contributed by atoms with Crippen LogP contribution in [0.15, 0.2) is 36.8 Å². The number of aromatic nitrogens is 3. The van der Waals surface area contributed by atoms with E-state index in [9.17, 15) is 4.39 Å². The minimum absolute atomic E-state index is 0.204. The summed E-state index contributed by atoms with van der Waals surface area (Å²) in [4.78, 5) is 15.2. The van der Waals surface area contributed by atoms with E-state index in [0.717, 1.165) is 36.6 Å². The predicted molar refractivity (Wildman–Crippen MR) is 103 cm³/mol. The Morgan fingerprint density at radius 2 is 2.00 bits per heavy atom. The number of rotatable bonds is 3. The molecule has 1 saturated heterocycles. The van der Waals surface area contributed by atoms with E-state index in [-0.39, 0.29) is 16.9 Å². The summed E-state index contributed by atoms with van der Waals surface area (Å²) in [6, 6.07) is 5.35. The number of halogens is 1. The number of hydrogen-bond acceptors (Lipinski definition) is 6. The zero-order valence-corrected chi connectivity index (χ0v) is 15.0. The van der Waals surface area contributed by atoms with Gasteiger partial charge in [-0.15, -0.1) is 0 Å². The van der Waals surface area contributed by atoms with Crippen LogP contribution in [0.5, 0.6) is 0 Å². The topological polar surface area (TPSA) is 80.0 Å². The Balaban J connectivity index is 1.50. The molecule has 5 rings (SSSR count). The molecule has 138 valence electrons. The Bertz CT molecular complexity index is 1020. The maximum absolute atomic E-state index is 14.4. The predicted octanol–water partition coefficient (Wildman–Crippen LogP) is 2.28. The number of nitrogens with one attached hydrogen (secondary N) is 1. The van der Waals surface area contributed by atoms with E-state index in [1.165, 1.54) is 25.1 Å². The zero-order chi connectivity index (χ0) is 18.4. The van der Waals surface area contributed by atoms with Gasteiger partial charge in [0.15, 0.2) is 5.82 Å². The van der Waals surface area contributed by atoms with Crippen LogP contribution in [0.2, 0.25) is 0 Å². The van der Waals surface area contributed by atoms with Crippen LogP contribution in [0, 0.1) is 5.82 Å². The SMILES string of the molecule is Nc1c(N2CCNCC23CC3)ccnc1Cc1cc(F)c2nccnc2c1. The molecule has 6 nitrogen and oxygen atoms in total. The van der Waals surface area contributed by atoms with Gasteiger partial charge < -0.3 is 16.0 Å². The molecule has 3 aromatic rings. The smallest absolute Gasteiger partial charge is 0.151 e. The van der Waals surface area contributed by atoms with E-state index in [1.807, 2.05) is 12.1 Å². The highest BCUT2D eigenvalue weighted by Crippen LogP contribution is 2.46. The first-order chi connectivity index (χ1) is 13.2. The molecule has 2 fully saturated rings. The molecular formula is C20H21FN6. The average molecular weight is 364 g/mol. The van der Waals surface area contributed by atoms with Gasteiger partial charge >= 0.3 is 0 Å². The molecule has 3 heterocycles. The Hall–Kier alpha value is -2.80. The molecule has 3 N–H and O–H groups in total. The zero-order valence-electron chi connectivity index (χ0n) is 15.0. The number of nitrogens with two attached hydrogens (primary N) is 1. The van der Waals surface area contributed by atoms with Crippen molar-refractivity contribution in [2.75, 3.05) is 30.3 Å². The van der Waals surface area contributed by atoms with Gasteiger partial charge in [0.25, 0.3) is 0 Å². The normalized spacial score (nSPS) is 18.2. The van der Waals surface area contributed by atoms with Crippen molar-refractivity contribution in [2.24, 2.45) is 0 Å². The first-order valence-corrected chi connectivity index (χ1v) is 9.27. The molecular weight excluding hydrogens is 343 g/mol. The van der Waals surface area contributed by atoms with Crippen LogP contribution in [0.1, 0.15) is 24.1 Å². The van der Waals surface area contributed by atoms with E-state index in [1.54, 1.807) is 12.4 Å². The third kappa shape index (κ3) is 2.78. The number of hydrogen-bond donors (Lipinski definition) is 2. The lowest BCUT2D eigenvalue weighted by Gasteiger charge is -2.39. The van der Waals surface area contributed by atoms with Crippen molar-refractivity contribution in [3.05, 3.63) is 53.9 Å². The number of fused-ring (bicyclic) bond motifs is 1. The summed E-state index contributed by atoms with van der Waals surface area (Å²) in [6.45, 7) is 2.89. The number of piperazine rings is 1. The van der Waals surface area contributed by atoms with E-state index < -0.39 is 0 Å². The molecule has 0 radical (unpaired) electrons. The lowest BCUT2D eigenvalue weighted by molar-refractivity contribution is 0.464. The van der Waals surface area contributed by atoms with Crippen LogP contribution in [0.4, 0.5) is 15.8 Å². The van der Waals surface area contributed by atoms with Gasteiger partial charge in [0.05, 0.1) is 28.1 Å². The minimum atomic E-state index is -0.371. The second-order valence-corrected chi connectivity index (χ2v) is 7.42. The summed E-state index contributed by atoms with van der Waals surface area (Å²) in [5, 5.41) is 3.48. The highest BCUT2D eigenvalue weighted by Gasteiger charge is 2.49. The lowest BCUT2D eigenvalue weighted by Crippen LogP contribution is -2.53. The monoisotopic (exact) mass is 364 g/mol. The summed E-state index contributed by atoms with van der Waals surface area (Å²) in [7, 11) is 0. The Morgan fingerprint density at radius 3 is 2.85 bits per heavy atom. The molecule has 1 saturated carbocycles. The van der Waals surface area contributed by atoms with Gasteiger partial charge in [0.2, 0.25) is 0 Å². The molecule has 0 amide bonds. The number of benzene rings is 1. The maximum Gasteiger partial charge on any atom is 0.151 e. The Kier molecular flexibility index (Phi) is 3.72. The summed E-state index contributed by atoms with van der Waals surface area (Å²) >= 11 is 0. The van der Waals surface area contributed by atoms with E-state index in [0.29, 0.717) is 17.6 Å². The molecule has 0 unspecified atom stereocenters. The van der Waals surface area contributed by atoms with E-state index in [4.69, 9.17) is 5.73 Å². The van der Waals surface area contributed by atoms with Gasteiger partial charge in [-0.1, -0.05) is 0 Å². The molecule has 1 spiro atoms. The molecule has 0 atom stereocenters. The summed E-state index contributed by atoms with van der Waals surface area (Å²) in [6.07, 6.45) is 7.70. The average Bonchev–Trinajstić information content (AvgIpc) is 3.44. The number of pyridine rings is 1. The van der Waals surface area contributed by atoms with E-state index >= 15 is 0 Å². The van der Waals surface area contributed by atoms with E-state index in [2.05, 4.69) is 25.2 Å². The quantitative estimate of drug-likeness (QED) is 0.742. The number of nitrogens with zero attached hydrogens (tertiary/aromatic N) is 4. The van der Waals surface area contributed by atoms with Crippen molar-refractivity contribution in [3.63, 3.8) is 0 Å². The summed E-state index contributed by atoms with van der Waals surface area (Å²) in [5.74, 6) is -0.371. The fourth-order valence-corrected chi connectivity index (χ4v) is 4.07. The van der Waals surface area contributed by atoms with Gasteiger partial charge in [-0.25, -0.2) is 9.37 Å². The minimum Gasteiger partial charge on any atom is -0.396 e. The van der Waals surface area contributed by atoms with Crippen molar-refractivity contribution >= 4 is 22.4 Å². The van der Waals surface area contributed by atoms with Crippen molar-refractivity contribution < 1.29 is 4.39 Å². The molecule has 7 heteroatoms. The van der Waals surface area contributed by atoms with Gasteiger partial charge in [-0.05, 0) is 36.6 Å². The third-order valence-corrected chi connectivity index (χ3v) is 5.66. The highest BCUT2D eigenvalue weighted by atomic mass is 19.1. The van der Waals surface area contributed by atoms with Gasteiger partial charge in [0, 0.05) is 44.6 Å². The van der Waals surface area contributed by atoms with Crippen molar-refractivity contribution in [1.82, 2.24) is 20.3 Å². The standard InChI is InChI=1S/C20H21FN6/c21-14-9-13(11-16-19(14)26-6-5-25-16)10-15-18(22)17(1-4-24-15)27-8-7-23-12-20(27)2-3-20/h1,4-6,9,11,23H,2-3,7-8,10,12,22H2. The number of anilines is 2. The second-order valence-electron chi connectivity index (χ2n) is 7.42. The number of nitrogen functional groups attached to an aromatic ring is 1.